The van der Waals surface area contributed by atoms with Gasteiger partial charge in [0.05, 0.1) is 16.2 Å². The minimum atomic E-state index is -0.934. The summed E-state index contributed by atoms with van der Waals surface area (Å²) >= 11 is 1.04. The number of nitrogens with two attached hydrogens (primary N) is 1. The van der Waals surface area contributed by atoms with Crippen LogP contribution in [0.1, 0.15) is 12.6 Å². The van der Waals surface area contributed by atoms with Gasteiger partial charge < -0.3 is 5.73 Å². The first-order valence-electron chi connectivity index (χ1n) is 8.09. The van der Waals surface area contributed by atoms with Crippen molar-refractivity contribution in [1.82, 2.24) is 19.9 Å². The standard InChI is InChI=1S/C18H17N5O3S/c1-10-6-5-9-14(20-10)23-16(25)12-7-3-4-8-13(12)21-18(23)27-11(2)15(24)22-17(19)26/h3-9,11H,1-2H3,(H3,19,22,24,26)/t11-/m1/s1. The van der Waals surface area contributed by atoms with Gasteiger partial charge in [0.2, 0.25) is 5.91 Å². The average Bonchev–Trinajstić information content (AvgIpc) is 2.61. The molecule has 0 aliphatic rings. The molecule has 1 atom stereocenters. The van der Waals surface area contributed by atoms with E-state index in [1.165, 1.54) is 4.57 Å². The number of pyridine rings is 1. The molecule has 0 radical (unpaired) electrons. The molecular formula is C18H17N5O3S. The lowest BCUT2D eigenvalue weighted by atomic mass is 10.2. The highest BCUT2D eigenvalue weighted by molar-refractivity contribution is 8.00. The summed E-state index contributed by atoms with van der Waals surface area (Å²) < 4.78 is 1.37. The fraction of sp³-hybridized carbons (Fsp3) is 0.167. The normalized spacial score (nSPS) is 11.9. The van der Waals surface area contributed by atoms with Crippen molar-refractivity contribution in [3.63, 3.8) is 0 Å². The number of hydrogen-bond donors (Lipinski definition) is 2. The maximum Gasteiger partial charge on any atom is 0.318 e. The average molecular weight is 383 g/mol. The molecule has 3 aromatic rings. The van der Waals surface area contributed by atoms with E-state index in [0.717, 1.165) is 17.5 Å². The first kappa shape index (κ1) is 18.6. The molecule has 0 spiro atoms. The molecule has 2 aromatic heterocycles. The maximum absolute atomic E-state index is 13.1. The highest BCUT2D eigenvalue weighted by Crippen LogP contribution is 2.24. The molecule has 3 rings (SSSR count). The van der Waals surface area contributed by atoms with Gasteiger partial charge in [-0.05, 0) is 38.1 Å². The molecule has 0 fully saturated rings. The van der Waals surface area contributed by atoms with Crippen LogP contribution in [-0.4, -0.2) is 31.7 Å². The Morgan fingerprint density at radius 1 is 1.15 bits per heavy atom. The molecule has 0 saturated heterocycles. The minimum absolute atomic E-state index is 0.288. The number of hydrogen-bond acceptors (Lipinski definition) is 6. The summed E-state index contributed by atoms with van der Waals surface area (Å²) in [6.07, 6.45) is 0. The number of carbonyl (C=O) groups is 2. The van der Waals surface area contributed by atoms with Gasteiger partial charge >= 0.3 is 6.03 Å². The SMILES string of the molecule is Cc1cccc(-n2c(S[C@H](C)C(=O)NC(N)=O)nc3ccccc3c2=O)n1. The van der Waals surface area contributed by atoms with E-state index >= 15 is 0 Å². The topological polar surface area (TPSA) is 120 Å². The molecular weight excluding hydrogens is 366 g/mol. The molecule has 0 aliphatic carbocycles. The van der Waals surface area contributed by atoms with Crippen molar-refractivity contribution in [3.05, 3.63) is 58.5 Å². The number of nitrogens with zero attached hydrogens (tertiary/aromatic N) is 3. The Labute approximate surface area is 158 Å². The number of primary amides is 1. The number of nitrogens with one attached hydrogen (secondary N) is 1. The van der Waals surface area contributed by atoms with E-state index in [1.807, 2.05) is 18.3 Å². The van der Waals surface area contributed by atoms with Crippen LogP contribution in [-0.2, 0) is 4.79 Å². The molecule has 0 bridgehead atoms. The number of imide groups is 1. The second kappa shape index (κ2) is 7.58. The van der Waals surface area contributed by atoms with Crippen LogP contribution in [0.15, 0.2) is 52.4 Å². The smallest absolute Gasteiger partial charge is 0.318 e. The van der Waals surface area contributed by atoms with Crippen LogP contribution in [0.25, 0.3) is 16.7 Å². The molecule has 3 amide bonds. The van der Waals surface area contributed by atoms with Crippen LogP contribution in [0.2, 0.25) is 0 Å². The van der Waals surface area contributed by atoms with Crippen molar-refractivity contribution in [2.75, 3.05) is 0 Å². The number of amides is 3. The van der Waals surface area contributed by atoms with Crippen molar-refractivity contribution >= 4 is 34.6 Å². The van der Waals surface area contributed by atoms with E-state index in [0.29, 0.717) is 21.9 Å². The lowest BCUT2D eigenvalue weighted by molar-refractivity contribution is -0.119. The van der Waals surface area contributed by atoms with Crippen molar-refractivity contribution < 1.29 is 9.59 Å². The lowest BCUT2D eigenvalue weighted by Crippen LogP contribution is -2.39. The number of urea groups is 1. The van der Waals surface area contributed by atoms with Crippen LogP contribution in [0.3, 0.4) is 0 Å². The zero-order valence-electron chi connectivity index (χ0n) is 14.7. The third-order valence-corrected chi connectivity index (χ3v) is 4.80. The van der Waals surface area contributed by atoms with Gasteiger partial charge in [0.15, 0.2) is 5.16 Å². The Kier molecular flexibility index (Phi) is 5.22. The Hall–Kier alpha value is -3.20. The Morgan fingerprint density at radius 3 is 2.59 bits per heavy atom. The van der Waals surface area contributed by atoms with Gasteiger partial charge in [0.25, 0.3) is 5.56 Å². The third kappa shape index (κ3) is 3.98. The van der Waals surface area contributed by atoms with E-state index in [2.05, 4.69) is 9.97 Å². The van der Waals surface area contributed by atoms with Gasteiger partial charge in [-0.15, -0.1) is 0 Å². The second-order valence-corrected chi connectivity index (χ2v) is 7.11. The molecule has 0 unspecified atom stereocenters. The first-order chi connectivity index (χ1) is 12.9. The quantitative estimate of drug-likeness (QED) is 0.523. The molecule has 138 valence electrons. The van der Waals surface area contributed by atoms with E-state index in [-0.39, 0.29) is 5.56 Å². The van der Waals surface area contributed by atoms with Crippen LogP contribution in [0.4, 0.5) is 4.79 Å². The monoisotopic (exact) mass is 383 g/mol. The number of fused-ring (bicyclic) bond motifs is 1. The van der Waals surface area contributed by atoms with Crippen molar-refractivity contribution in [3.8, 4) is 5.82 Å². The van der Waals surface area contributed by atoms with Gasteiger partial charge in [-0.1, -0.05) is 30.0 Å². The summed E-state index contributed by atoms with van der Waals surface area (Å²) in [6, 6.07) is 11.3. The predicted molar refractivity (Wildman–Crippen MR) is 103 cm³/mol. The van der Waals surface area contributed by atoms with Crippen molar-refractivity contribution in [2.45, 2.75) is 24.3 Å². The van der Waals surface area contributed by atoms with Crippen molar-refractivity contribution in [2.24, 2.45) is 5.73 Å². The Morgan fingerprint density at radius 2 is 1.89 bits per heavy atom. The number of benzene rings is 1. The number of rotatable bonds is 4. The largest absolute Gasteiger partial charge is 0.351 e. The highest BCUT2D eigenvalue weighted by atomic mass is 32.2. The minimum Gasteiger partial charge on any atom is -0.351 e. The third-order valence-electron chi connectivity index (χ3n) is 3.75. The van der Waals surface area contributed by atoms with E-state index in [1.54, 1.807) is 43.3 Å². The summed E-state index contributed by atoms with van der Waals surface area (Å²) in [7, 11) is 0. The molecule has 3 N–H and O–H groups in total. The number of aryl methyl sites for hydroxylation is 1. The van der Waals surface area contributed by atoms with Crippen LogP contribution < -0.4 is 16.6 Å². The summed E-state index contributed by atoms with van der Waals surface area (Å²) in [5, 5.41) is 2.06. The fourth-order valence-corrected chi connectivity index (χ4v) is 3.40. The molecule has 0 saturated carbocycles. The molecule has 27 heavy (non-hydrogen) atoms. The summed E-state index contributed by atoms with van der Waals surface area (Å²) in [5.41, 5.74) is 5.96. The number of para-hydroxylation sites is 1. The van der Waals surface area contributed by atoms with Crippen LogP contribution in [0, 0.1) is 6.92 Å². The summed E-state index contributed by atoms with van der Waals surface area (Å²) in [5.74, 6) is -0.165. The number of carbonyl (C=O) groups excluding carboxylic acids is 2. The predicted octanol–water partition coefficient (Wildman–Crippen LogP) is 1.76. The van der Waals surface area contributed by atoms with Gasteiger partial charge in [-0.25, -0.2) is 19.3 Å². The summed E-state index contributed by atoms with van der Waals surface area (Å²) in [6.45, 7) is 3.41. The van der Waals surface area contributed by atoms with Gasteiger partial charge in [-0.3, -0.25) is 14.9 Å². The highest BCUT2D eigenvalue weighted by Gasteiger charge is 2.21. The first-order valence-corrected chi connectivity index (χ1v) is 8.97. The zero-order valence-corrected chi connectivity index (χ0v) is 15.5. The van der Waals surface area contributed by atoms with Crippen LogP contribution in [0.5, 0.6) is 0 Å². The van der Waals surface area contributed by atoms with Crippen LogP contribution >= 0.6 is 11.8 Å². The second-order valence-electron chi connectivity index (χ2n) is 5.80. The summed E-state index contributed by atoms with van der Waals surface area (Å²) in [4.78, 5) is 45.0. The lowest BCUT2D eigenvalue weighted by Gasteiger charge is -2.15. The van der Waals surface area contributed by atoms with Gasteiger partial charge in [0, 0.05) is 5.69 Å². The fourth-order valence-electron chi connectivity index (χ4n) is 2.48. The zero-order chi connectivity index (χ0) is 19.6. The van der Waals surface area contributed by atoms with Crippen molar-refractivity contribution in [1.29, 1.82) is 0 Å². The Balaban J connectivity index is 2.15. The van der Waals surface area contributed by atoms with Gasteiger partial charge in [-0.2, -0.15) is 0 Å². The molecule has 0 aliphatic heterocycles. The number of aromatic nitrogens is 3. The maximum atomic E-state index is 13.1. The van der Waals surface area contributed by atoms with E-state index < -0.39 is 17.2 Å². The Bertz CT molecular complexity index is 1100. The molecule has 8 nitrogen and oxygen atoms in total. The van der Waals surface area contributed by atoms with E-state index in [4.69, 9.17) is 5.73 Å². The van der Waals surface area contributed by atoms with Gasteiger partial charge in [0.1, 0.15) is 5.82 Å². The molecule has 9 heteroatoms. The molecule has 1 aromatic carbocycles. The molecule has 2 heterocycles. The van der Waals surface area contributed by atoms with E-state index in [9.17, 15) is 14.4 Å². The number of thioether (sulfide) groups is 1.